The van der Waals surface area contributed by atoms with Gasteiger partial charge >= 0.3 is 0 Å². The van der Waals surface area contributed by atoms with Gasteiger partial charge in [-0.1, -0.05) is 30.2 Å². The Morgan fingerprint density at radius 3 is 2.81 bits per heavy atom. The van der Waals surface area contributed by atoms with Crippen LogP contribution in [0.2, 0.25) is 5.02 Å². The topological polar surface area (TPSA) is 71.0 Å². The SMILES string of the molecule is Cc1cnc(NCCC2CCCCN2)c(=O)n1CCNCCc1cccc(Cl)c1.Cl.Cl. The number of aryl methyl sites for hydroxylation is 1. The highest BCUT2D eigenvalue weighted by Gasteiger charge is 2.13. The minimum absolute atomic E-state index is 0. The Hall–Kier alpha value is -1.31. The number of benzene rings is 1. The van der Waals surface area contributed by atoms with Crippen LogP contribution < -0.4 is 21.5 Å². The zero-order valence-electron chi connectivity index (χ0n) is 18.0. The molecule has 0 spiro atoms. The van der Waals surface area contributed by atoms with E-state index in [-0.39, 0.29) is 30.4 Å². The fourth-order valence-electron chi connectivity index (χ4n) is 3.75. The van der Waals surface area contributed by atoms with E-state index in [0.717, 1.165) is 49.7 Å². The molecular weight excluding hydrogens is 457 g/mol. The van der Waals surface area contributed by atoms with E-state index in [1.54, 1.807) is 10.8 Å². The molecule has 6 nitrogen and oxygen atoms in total. The van der Waals surface area contributed by atoms with E-state index < -0.39 is 0 Å². The number of nitrogens with one attached hydrogen (secondary N) is 3. The van der Waals surface area contributed by atoms with Crippen molar-refractivity contribution >= 4 is 42.2 Å². The van der Waals surface area contributed by atoms with Crippen LogP contribution in [0.15, 0.2) is 35.3 Å². The molecule has 1 aliphatic heterocycles. The van der Waals surface area contributed by atoms with Crippen molar-refractivity contribution in [3.63, 3.8) is 0 Å². The zero-order chi connectivity index (χ0) is 20.5. The van der Waals surface area contributed by atoms with Crippen LogP contribution in [0.4, 0.5) is 5.82 Å². The summed E-state index contributed by atoms with van der Waals surface area (Å²) in [5.41, 5.74) is 2.05. The Morgan fingerprint density at radius 2 is 2.06 bits per heavy atom. The second-order valence-corrected chi connectivity index (χ2v) is 8.13. The molecule has 0 bridgehead atoms. The van der Waals surface area contributed by atoms with Crippen molar-refractivity contribution in [1.29, 1.82) is 0 Å². The summed E-state index contributed by atoms with van der Waals surface area (Å²) in [6.45, 7) is 6.00. The van der Waals surface area contributed by atoms with Gasteiger partial charge in [0.05, 0.1) is 0 Å². The molecule has 0 aliphatic carbocycles. The van der Waals surface area contributed by atoms with E-state index in [1.165, 1.54) is 24.8 Å². The summed E-state index contributed by atoms with van der Waals surface area (Å²) in [6.07, 6.45) is 7.47. The van der Waals surface area contributed by atoms with Gasteiger partial charge in [0, 0.05) is 42.6 Å². The molecule has 2 heterocycles. The second kappa shape index (κ2) is 14.7. The van der Waals surface area contributed by atoms with Gasteiger partial charge in [0.2, 0.25) is 0 Å². The van der Waals surface area contributed by atoms with Crippen molar-refractivity contribution in [2.24, 2.45) is 0 Å². The number of hydrogen-bond donors (Lipinski definition) is 3. The van der Waals surface area contributed by atoms with E-state index in [1.807, 2.05) is 25.1 Å². The number of piperidine rings is 1. The lowest BCUT2D eigenvalue weighted by molar-refractivity contribution is 0.388. The third kappa shape index (κ3) is 8.99. The minimum Gasteiger partial charge on any atom is -0.365 e. The molecule has 9 heteroatoms. The van der Waals surface area contributed by atoms with Gasteiger partial charge in [-0.05, 0) is 63.4 Å². The maximum atomic E-state index is 12.8. The molecule has 1 saturated heterocycles. The molecule has 1 aromatic heterocycles. The molecule has 31 heavy (non-hydrogen) atoms. The van der Waals surface area contributed by atoms with Crippen LogP contribution in [0, 0.1) is 6.92 Å². The number of halogens is 3. The fraction of sp³-hybridized carbons (Fsp3) is 0.545. The first-order chi connectivity index (χ1) is 14.1. The van der Waals surface area contributed by atoms with E-state index in [2.05, 4.69) is 27.0 Å². The van der Waals surface area contributed by atoms with Gasteiger partial charge in [-0.2, -0.15) is 0 Å². The first-order valence-electron chi connectivity index (χ1n) is 10.6. The number of anilines is 1. The summed E-state index contributed by atoms with van der Waals surface area (Å²) in [4.78, 5) is 17.1. The van der Waals surface area contributed by atoms with Crippen molar-refractivity contribution in [3.05, 3.63) is 57.1 Å². The van der Waals surface area contributed by atoms with E-state index in [9.17, 15) is 4.79 Å². The predicted octanol–water partition coefficient (Wildman–Crippen LogP) is 3.83. The molecule has 2 aromatic rings. The standard InChI is InChI=1S/C22H32ClN5O.2ClH/c1-17-16-27-21(26-12-9-20-7-2-3-10-25-20)22(29)28(17)14-13-24-11-8-18-5-4-6-19(23)15-18;;/h4-6,15-16,20,24-25H,2-3,7-14H2,1H3,(H,26,27);2*1H. The van der Waals surface area contributed by atoms with E-state index >= 15 is 0 Å². The molecule has 3 N–H and O–H groups in total. The average Bonchev–Trinajstić information content (AvgIpc) is 2.72. The Balaban J connectivity index is 0.00000240. The predicted molar refractivity (Wildman–Crippen MR) is 135 cm³/mol. The Bertz CT molecular complexity index is 840. The quantitative estimate of drug-likeness (QED) is 0.442. The van der Waals surface area contributed by atoms with Crippen molar-refractivity contribution < 1.29 is 0 Å². The summed E-state index contributed by atoms with van der Waals surface area (Å²) < 4.78 is 1.79. The van der Waals surface area contributed by atoms with Crippen LogP contribution in [0.5, 0.6) is 0 Å². The van der Waals surface area contributed by atoms with Crippen LogP contribution in [0.1, 0.15) is 36.9 Å². The molecule has 1 aromatic carbocycles. The molecular formula is C22H34Cl3N5O. The van der Waals surface area contributed by atoms with Gasteiger partial charge < -0.3 is 20.5 Å². The summed E-state index contributed by atoms with van der Waals surface area (Å²) in [6, 6.07) is 8.46. The molecule has 3 rings (SSSR count). The molecule has 1 aliphatic rings. The van der Waals surface area contributed by atoms with Crippen molar-refractivity contribution in [1.82, 2.24) is 20.2 Å². The van der Waals surface area contributed by atoms with Gasteiger partial charge in [-0.15, -0.1) is 24.8 Å². The Kier molecular flexibility index (Phi) is 13.1. The summed E-state index contributed by atoms with van der Waals surface area (Å²) in [5, 5.41) is 10.9. The Labute approximate surface area is 202 Å². The second-order valence-electron chi connectivity index (χ2n) is 7.70. The van der Waals surface area contributed by atoms with Crippen LogP contribution in [0.3, 0.4) is 0 Å². The van der Waals surface area contributed by atoms with Crippen LogP contribution in [-0.2, 0) is 13.0 Å². The Morgan fingerprint density at radius 1 is 1.23 bits per heavy atom. The maximum absolute atomic E-state index is 12.8. The largest absolute Gasteiger partial charge is 0.365 e. The van der Waals surface area contributed by atoms with Crippen molar-refractivity contribution in [3.8, 4) is 0 Å². The van der Waals surface area contributed by atoms with Gasteiger partial charge in [-0.25, -0.2) is 4.98 Å². The number of aromatic nitrogens is 2. The molecule has 1 atom stereocenters. The number of hydrogen-bond acceptors (Lipinski definition) is 5. The lowest BCUT2D eigenvalue weighted by atomic mass is 10.0. The maximum Gasteiger partial charge on any atom is 0.293 e. The summed E-state index contributed by atoms with van der Waals surface area (Å²) >= 11 is 6.02. The van der Waals surface area contributed by atoms with Crippen molar-refractivity contribution in [2.45, 2.75) is 51.6 Å². The fourth-order valence-corrected chi connectivity index (χ4v) is 3.96. The number of rotatable bonds is 10. The zero-order valence-corrected chi connectivity index (χ0v) is 20.4. The smallest absolute Gasteiger partial charge is 0.293 e. The number of nitrogens with zero attached hydrogens (tertiary/aromatic N) is 2. The molecule has 174 valence electrons. The molecule has 0 amide bonds. The van der Waals surface area contributed by atoms with Gasteiger partial charge in [-0.3, -0.25) is 4.79 Å². The summed E-state index contributed by atoms with van der Waals surface area (Å²) in [5.74, 6) is 0.449. The minimum atomic E-state index is -0.0433. The lowest BCUT2D eigenvalue weighted by Crippen LogP contribution is -2.36. The van der Waals surface area contributed by atoms with Crippen LogP contribution >= 0.6 is 36.4 Å². The van der Waals surface area contributed by atoms with Crippen molar-refractivity contribution in [2.75, 3.05) is 31.5 Å². The van der Waals surface area contributed by atoms with Gasteiger partial charge in [0.1, 0.15) is 0 Å². The highest BCUT2D eigenvalue weighted by atomic mass is 35.5. The first kappa shape index (κ1) is 27.7. The monoisotopic (exact) mass is 489 g/mol. The van der Waals surface area contributed by atoms with E-state index in [0.29, 0.717) is 18.4 Å². The van der Waals surface area contributed by atoms with Gasteiger partial charge in [0.25, 0.3) is 5.56 Å². The van der Waals surface area contributed by atoms with Crippen LogP contribution in [0.25, 0.3) is 0 Å². The average molecular weight is 491 g/mol. The third-order valence-electron chi connectivity index (χ3n) is 5.44. The molecule has 1 fully saturated rings. The summed E-state index contributed by atoms with van der Waals surface area (Å²) in [7, 11) is 0. The first-order valence-corrected chi connectivity index (χ1v) is 11.0. The van der Waals surface area contributed by atoms with E-state index in [4.69, 9.17) is 11.6 Å². The van der Waals surface area contributed by atoms with Gasteiger partial charge in [0.15, 0.2) is 5.82 Å². The highest BCUT2D eigenvalue weighted by Crippen LogP contribution is 2.11. The molecule has 0 saturated carbocycles. The third-order valence-corrected chi connectivity index (χ3v) is 5.68. The molecule has 1 unspecified atom stereocenters. The highest BCUT2D eigenvalue weighted by molar-refractivity contribution is 6.30. The molecule has 0 radical (unpaired) electrons. The lowest BCUT2D eigenvalue weighted by Gasteiger charge is -2.23. The normalized spacial score (nSPS) is 15.6. The van der Waals surface area contributed by atoms with Crippen LogP contribution in [-0.4, -0.2) is 41.8 Å².